The van der Waals surface area contributed by atoms with Crippen LogP contribution in [0.2, 0.25) is 0 Å². The minimum absolute atomic E-state index is 0.0706. The Kier molecular flexibility index (Phi) is 6.53. The Balaban J connectivity index is 1.69. The standard InChI is InChI=1S/C20H16BrNO4S2/c1-2-22-18(23)17(28-20(22)27)10-13-5-8-16(15(21)9-13)26-11-12-3-6-14(7-4-12)19(24)25/h3-10H,2,11H2,1H3,(H,24,25)/b17-10-. The molecule has 5 nitrogen and oxygen atoms in total. The number of benzene rings is 2. The van der Waals surface area contributed by atoms with E-state index >= 15 is 0 Å². The average molecular weight is 478 g/mol. The van der Waals surface area contributed by atoms with E-state index in [2.05, 4.69) is 15.9 Å². The van der Waals surface area contributed by atoms with Crippen LogP contribution in [0.25, 0.3) is 6.08 Å². The van der Waals surface area contributed by atoms with Crippen LogP contribution >= 0.6 is 39.9 Å². The summed E-state index contributed by atoms with van der Waals surface area (Å²) in [4.78, 5) is 25.4. The molecule has 0 saturated carbocycles. The van der Waals surface area contributed by atoms with Gasteiger partial charge in [-0.25, -0.2) is 4.79 Å². The van der Waals surface area contributed by atoms with Gasteiger partial charge in [0.1, 0.15) is 16.7 Å². The molecule has 144 valence electrons. The van der Waals surface area contributed by atoms with Crippen molar-refractivity contribution in [2.75, 3.05) is 6.54 Å². The molecule has 2 aromatic carbocycles. The molecule has 3 rings (SSSR count). The fourth-order valence-corrected chi connectivity index (χ4v) is 4.45. The molecule has 1 heterocycles. The van der Waals surface area contributed by atoms with Gasteiger partial charge in [0, 0.05) is 6.54 Å². The van der Waals surface area contributed by atoms with Crippen molar-refractivity contribution in [3.05, 3.63) is 68.5 Å². The molecule has 1 amide bonds. The Morgan fingerprint density at radius 2 is 2.00 bits per heavy atom. The summed E-state index contributed by atoms with van der Waals surface area (Å²) in [6.45, 7) is 2.77. The van der Waals surface area contributed by atoms with Crippen molar-refractivity contribution in [1.29, 1.82) is 0 Å². The van der Waals surface area contributed by atoms with Crippen LogP contribution in [-0.2, 0) is 11.4 Å². The predicted molar refractivity (Wildman–Crippen MR) is 117 cm³/mol. The molecule has 0 aromatic heterocycles. The van der Waals surface area contributed by atoms with E-state index in [0.717, 1.165) is 15.6 Å². The number of aromatic carboxylic acids is 1. The normalized spacial score (nSPS) is 15.4. The molecule has 0 radical (unpaired) electrons. The van der Waals surface area contributed by atoms with Crippen LogP contribution < -0.4 is 4.74 Å². The second-order valence-corrected chi connectivity index (χ2v) is 8.44. The molecule has 1 saturated heterocycles. The summed E-state index contributed by atoms with van der Waals surface area (Å²) in [5.41, 5.74) is 1.97. The number of ether oxygens (including phenoxy) is 1. The number of amides is 1. The van der Waals surface area contributed by atoms with Crippen LogP contribution in [0.3, 0.4) is 0 Å². The van der Waals surface area contributed by atoms with Crippen LogP contribution in [0.15, 0.2) is 51.8 Å². The van der Waals surface area contributed by atoms with E-state index in [-0.39, 0.29) is 11.5 Å². The minimum atomic E-state index is -0.957. The number of likely N-dealkylation sites (N-methyl/N-ethyl adjacent to an activating group) is 1. The molecule has 1 fully saturated rings. The van der Waals surface area contributed by atoms with E-state index in [9.17, 15) is 9.59 Å². The summed E-state index contributed by atoms with van der Waals surface area (Å²) in [5.74, 6) is -0.374. The number of carbonyl (C=O) groups excluding carboxylic acids is 1. The maximum Gasteiger partial charge on any atom is 0.335 e. The molecular weight excluding hydrogens is 462 g/mol. The van der Waals surface area contributed by atoms with Crippen molar-refractivity contribution in [2.24, 2.45) is 0 Å². The van der Waals surface area contributed by atoms with Gasteiger partial charge >= 0.3 is 5.97 Å². The molecule has 1 aliphatic rings. The van der Waals surface area contributed by atoms with E-state index in [1.54, 1.807) is 29.2 Å². The summed E-state index contributed by atoms with van der Waals surface area (Å²) >= 11 is 10.0. The van der Waals surface area contributed by atoms with Crippen molar-refractivity contribution < 1.29 is 19.4 Å². The number of carboxylic acid groups (broad SMARTS) is 1. The lowest BCUT2D eigenvalue weighted by atomic mass is 10.1. The van der Waals surface area contributed by atoms with Gasteiger partial charge in [-0.15, -0.1) is 0 Å². The summed E-state index contributed by atoms with van der Waals surface area (Å²) in [6.07, 6.45) is 1.81. The summed E-state index contributed by atoms with van der Waals surface area (Å²) in [7, 11) is 0. The highest BCUT2D eigenvalue weighted by molar-refractivity contribution is 9.10. The number of carbonyl (C=O) groups is 2. The van der Waals surface area contributed by atoms with E-state index in [1.165, 1.54) is 11.8 Å². The van der Waals surface area contributed by atoms with Crippen molar-refractivity contribution in [3.63, 3.8) is 0 Å². The number of thiocarbonyl (C=S) groups is 1. The lowest BCUT2D eigenvalue weighted by Crippen LogP contribution is -2.27. The first-order valence-electron chi connectivity index (χ1n) is 8.39. The van der Waals surface area contributed by atoms with Crippen LogP contribution in [0, 0.1) is 0 Å². The Hall–Kier alpha value is -2.16. The molecule has 1 N–H and O–H groups in total. The summed E-state index contributed by atoms with van der Waals surface area (Å²) in [5, 5.41) is 8.93. The van der Waals surface area contributed by atoms with Crippen LogP contribution in [-0.4, -0.2) is 32.7 Å². The summed E-state index contributed by atoms with van der Waals surface area (Å²) in [6, 6.07) is 12.1. The maximum absolute atomic E-state index is 12.3. The van der Waals surface area contributed by atoms with Crippen molar-refractivity contribution in [1.82, 2.24) is 4.90 Å². The number of nitrogens with zero attached hydrogens (tertiary/aromatic N) is 1. The molecular formula is C20H16BrNO4S2. The van der Waals surface area contributed by atoms with E-state index in [1.807, 2.05) is 31.2 Å². The maximum atomic E-state index is 12.3. The number of hydrogen-bond donors (Lipinski definition) is 1. The van der Waals surface area contributed by atoms with E-state index in [0.29, 0.717) is 28.1 Å². The zero-order valence-electron chi connectivity index (χ0n) is 14.8. The molecule has 0 bridgehead atoms. The highest BCUT2D eigenvalue weighted by Gasteiger charge is 2.30. The SMILES string of the molecule is CCN1C(=O)/C(=C/c2ccc(OCc3ccc(C(=O)O)cc3)c(Br)c2)SC1=S. The first kappa shape index (κ1) is 20.6. The van der Waals surface area contributed by atoms with Crippen molar-refractivity contribution in [2.45, 2.75) is 13.5 Å². The Morgan fingerprint density at radius 1 is 1.29 bits per heavy atom. The third-order valence-electron chi connectivity index (χ3n) is 4.04. The molecule has 1 aliphatic heterocycles. The fraction of sp³-hybridized carbons (Fsp3) is 0.150. The molecule has 0 atom stereocenters. The van der Waals surface area contributed by atoms with Gasteiger partial charge in [-0.1, -0.05) is 42.2 Å². The number of hydrogen-bond acceptors (Lipinski definition) is 5. The number of carboxylic acids is 1. The van der Waals surface area contributed by atoms with Gasteiger partial charge in [0.15, 0.2) is 0 Å². The monoisotopic (exact) mass is 477 g/mol. The van der Waals surface area contributed by atoms with Gasteiger partial charge in [0.05, 0.1) is 14.9 Å². The number of halogens is 1. The van der Waals surface area contributed by atoms with Gasteiger partial charge in [-0.2, -0.15) is 0 Å². The summed E-state index contributed by atoms with van der Waals surface area (Å²) < 4.78 is 7.14. The Bertz CT molecular complexity index is 973. The first-order valence-corrected chi connectivity index (χ1v) is 10.4. The molecule has 0 unspecified atom stereocenters. The third kappa shape index (κ3) is 4.63. The Labute approximate surface area is 180 Å². The molecule has 0 spiro atoms. The van der Waals surface area contributed by atoms with Gasteiger partial charge in [0.2, 0.25) is 0 Å². The zero-order valence-corrected chi connectivity index (χ0v) is 18.1. The van der Waals surface area contributed by atoms with Gasteiger partial charge in [-0.3, -0.25) is 9.69 Å². The molecule has 8 heteroatoms. The van der Waals surface area contributed by atoms with Crippen LogP contribution in [0.4, 0.5) is 0 Å². The lowest BCUT2D eigenvalue weighted by Gasteiger charge is -2.10. The van der Waals surface area contributed by atoms with Gasteiger partial charge in [0.25, 0.3) is 5.91 Å². The van der Waals surface area contributed by atoms with Crippen LogP contribution in [0.5, 0.6) is 5.75 Å². The zero-order chi connectivity index (χ0) is 20.3. The van der Waals surface area contributed by atoms with Crippen LogP contribution in [0.1, 0.15) is 28.4 Å². The van der Waals surface area contributed by atoms with Gasteiger partial charge < -0.3 is 9.84 Å². The van der Waals surface area contributed by atoms with Crippen molar-refractivity contribution in [3.8, 4) is 5.75 Å². The molecule has 28 heavy (non-hydrogen) atoms. The van der Waals surface area contributed by atoms with E-state index < -0.39 is 5.97 Å². The fourth-order valence-electron chi connectivity index (χ4n) is 2.55. The van der Waals surface area contributed by atoms with Gasteiger partial charge in [-0.05, 0) is 64.3 Å². The quantitative estimate of drug-likeness (QED) is 0.468. The first-order chi connectivity index (χ1) is 13.4. The third-order valence-corrected chi connectivity index (χ3v) is 6.04. The predicted octanol–water partition coefficient (Wildman–Crippen LogP) is 4.95. The van der Waals surface area contributed by atoms with Crippen molar-refractivity contribution >= 4 is 62.2 Å². The topological polar surface area (TPSA) is 66.8 Å². The van der Waals surface area contributed by atoms with E-state index in [4.69, 9.17) is 22.1 Å². The highest BCUT2D eigenvalue weighted by atomic mass is 79.9. The largest absolute Gasteiger partial charge is 0.488 e. The second-order valence-electron chi connectivity index (χ2n) is 5.91. The smallest absolute Gasteiger partial charge is 0.335 e. The minimum Gasteiger partial charge on any atom is -0.488 e. The Morgan fingerprint density at radius 3 is 2.57 bits per heavy atom. The number of thioether (sulfide) groups is 1. The highest BCUT2D eigenvalue weighted by Crippen LogP contribution is 2.34. The second kappa shape index (κ2) is 8.89. The number of rotatable bonds is 6. The molecule has 0 aliphatic carbocycles. The molecule has 2 aromatic rings. The average Bonchev–Trinajstić information content (AvgIpc) is 2.94. The lowest BCUT2D eigenvalue weighted by molar-refractivity contribution is -0.121.